The van der Waals surface area contributed by atoms with E-state index in [-0.39, 0.29) is 6.03 Å². The van der Waals surface area contributed by atoms with E-state index in [4.69, 9.17) is 9.47 Å². The van der Waals surface area contributed by atoms with Gasteiger partial charge in [-0.1, -0.05) is 6.07 Å². The molecule has 7 heteroatoms. The molecule has 0 atom stereocenters. The van der Waals surface area contributed by atoms with Crippen LogP contribution >= 0.6 is 0 Å². The smallest absolute Gasteiger partial charge is 0.315 e. The molecular weight excluding hydrogens is 356 g/mol. The molecule has 0 bridgehead atoms. The maximum Gasteiger partial charge on any atom is 0.315 e. The summed E-state index contributed by atoms with van der Waals surface area (Å²) in [6, 6.07) is 9.56. The molecule has 2 N–H and O–H groups in total. The highest BCUT2D eigenvalue weighted by molar-refractivity contribution is 5.73. The summed E-state index contributed by atoms with van der Waals surface area (Å²) >= 11 is 0. The number of hydrogen-bond donors (Lipinski definition) is 2. The lowest BCUT2D eigenvalue weighted by molar-refractivity contribution is 0.237. The van der Waals surface area contributed by atoms with Crippen LogP contribution in [0.1, 0.15) is 18.4 Å². The molecule has 2 aromatic rings. The zero-order valence-corrected chi connectivity index (χ0v) is 16.5. The standard InChI is InChI=1S/C21H28N4O3/c1-27-19-4-3-17(13-20(19)28-2)15-24-21(26)23-14-16-7-11-25(12-8-16)18-5-9-22-10-6-18/h3-6,9-10,13,16H,7-8,11-12,14-15H2,1-2H3,(H2,23,24,26). The van der Waals surface area contributed by atoms with Gasteiger partial charge in [0.25, 0.3) is 0 Å². The molecule has 3 rings (SSSR count). The summed E-state index contributed by atoms with van der Waals surface area (Å²) in [6.45, 7) is 3.14. The van der Waals surface area contributed by atoms with Crippen LogP contribution in [0.4, 0.5) is 10.5 Å². The predicted molar refractivity (Wildman–Crippen MR) is 109 cm³/mol. The molecule has 0 aliphatic carbocycles. The fourth-order valence-corrected chi connectivity index (χ4v) is 3.42. The number of urea groups is 1. The van der Waals surface area contributed by atoms with E-state index >= 15 is 0 Å². The highest BCUT2D eigenvalue weighted by Crippen LogP contribution is 2.27. The van der Waals surface area contributed by atoms with E-state index in [9.17, 15) is 4.79 Å². The highest BCUT2D eigenvalue weighted by Gasteiger charge is 2.19. The Kier molecular flexibility index (Phi) is 6.94. The summed E-state index contributed by atoms with van der Waals surface area (Å²) in [4.78, 5) is 18.6. The lowest BCUT2D eigenvalue weighted by atomic mass is 9.96. The van der Waals surface area contributed by atoms with Crippen molar-refractivity contribution >= 4 is 11.7 Å². The number of rotatable bonds is 7. The predicted octanol–water partition coefficient (Wildman–Crippen LogP) is 2.81. The third kappa shape index (κ3) is 5.28. The van der Waals surface area contributed by atoms with Crippen LogP contribution in [-0.2, 0) is 6.54 Å². The third-order valence-electron chi connectivity index (χ3n) is 5.09. The van der Waals surface area contributed by atoms with Crippen LogP contribution in [0.5, 0.6) is 11.5 Å². The Labute approximate surface area is 166 Å². The fraction of sp³-hybridized carbons (Fsp3) is 0.429. The van der Waals surface area contributed by atoms with Crippen molar-refractivity contribution in [3.63, 3.8) is 0 Å². The second kappa shape index (κ2) is 9.82. The topological polar surface area (TPSA) is 75.7 Å². The van der Waals surface area contributed by atoms with Crippen molar-refractivity contribution in [3.05, 3.63) is 48.3 Å². The number of carbonyl (C=O) groups excluding carboxylic acids is 1. The lowest BCUT2D eigenvalue weighted by Gasteiger charge is -2.33. The van der Waals surface area contributed by atoms with Gasteiger partial charge in [-0.2, -0.15) is 0 Å². The number of nitrogens with zero attached hydrogens (tertiary/aromatic N) is 2. The van der Waals surface area contributed by atoms with E-state index in [2.05, 4.69) is 20.5 Å². The van der Waals surface area contributed by atoms with Crippen molar-refractivity contribution in [1.29, 1.82) is 0 Å². The number of aromatic nitrogens is 1. The largest absolute Gasteiger partial charge is 0.493 e. The van der Waals surface area contributed by atoms with Crippen molar-refractivity contribution in [1.82, 2.24) is 15.6 Å². The minimum Gasteiger partial charge on any atom is -0.493 e. The molecule has 28 heavy (non-hydrogen) atoms. The Hall–Kier alpha value is -2.96. The van der Waals surface area contributed by atoms with Crippen LogP contribution in [0.25, 0.3) is 0 Å². The van der Waals surface area contributed by atoms with Crippen LogP contribution < -0.4 is 25.0 Å². The second-order valence-corrected chi connectivity index (χ2v) is 6.89. The number of anilines is 1. The molecule has 2 amide bonds. The molecule has 1 saturated heterocycles. The summed E-state index contributed by atoms with van der Waals surface area (Å²) in [6.07, 6.45) is 5.79. The Morgan fingerprint density at radius 1 is 1.07 bits per heavy atom. The van der Waals surface area contributed by atoms with E-state index in [1.807, 2.05) is 42.7 Å². The zero-order chi connectivity index (χ0) is 19.8. The van der Waals surface area contributed by atoms with E-state index in [0.29, 0.717) is 30.5 Å². The minimum absolute atomic E-state index is 0.147. The normalized spacial score (nSPS) is 14.4. The Balaban J connectivity index is 1.38. The Morgan fingerprint density at radius 2 is 1.79 bits per heavy atom. The lowest BCUT2D eigenvalue weighted by Crippen LogP contribution is -2.41. The van der Waals surface area contributed by atoms with Gasteiger partial charge >= 0.3 is 6.03 Å². The molecule has 1 fully saturated rings. The molecule has 0 unspecified atom stereocenters. The van der Waals surface area contributed by atoms with E-state index in [1.54, 1.807) is 14.2 Å². The van der Waals surface area contributed by atoms with Gasteiger partial charge < -0.3 is 25.0 Å². The van der Waals surface area contributed by atoms with Crippen molar-refractivity contribution in [3.8, 4) is 11.5 Å². The number of nitrogens with one attached hydrogen (secondary N) is 2. The first-order valence-electron chi connectivity index (χ1n) is 9.57. The minimum atomic E-state index is -0.147. The van der Waals surface area contributed by atoms with Gasteiger partial charge in [0.1, 0.15) is 0 Å². The first kappa shape index (κ1) is 19.8. The average molecular weight is 384 g/mol. The number of carbonyl (C=O) groups is 1. The molecule has 1 aromatic carbocycles. The summed E-state index contributed by atoms with van der Waals surface area (Å²) in [7, 11) is 3.20. The molecule has 1 aliphatic heterocycles. The molecule has 2 heterocycles. The van der Waals surface area contributed by atoms with Gasteiger partial charge in [-0.15, -0.1) is 0 Å². The van der Waals surface area contributed by atoms with Crippen molar-refractivity contribution in [2.75, 3.05) is 38.8 Å². The second-order valence-electron chi connectivity index (χ2n) is 6.89. The summed E-state index contributed by atoms with van der Waals surface area (Å²) in [5.74, 6) is 1.84. The van der Waals surface area contributed by atoms with Crippen LogP contribution in [-0.4, -0.2) is 44.9 Å². The molecular formula is C21H28N4O3. The zero-order valence-electron chi connectivity index (χ0n) is 16.5. The van der Waals surface area contributed by atoms with E-state index in [0.717, 1.165) is 31.5 Å². The third-order valence-corrected chi connectivity index (χ3v) is 5.09. The van der Waals surface area contributed by atoms with Crippen LogP contribution in [0.3, 0.4) is 0 Å². The summed E-state index contributed by atoms with van der Waals surface area (Å²) in [5.41, 5.74) is 2.17. The number of methoxy groups -OCH3 is 2. The Morgan fingerprint density at radius 3 is 2.46 bits per heavy atom. The van der Waals surface area contributed by atoms with E-state index < -0.39 is 0 Å². The van der Waals surface area contributed by atoms with Gasteiger partial charge in [0.2, 0.25) is 0 Å². The van der Waals surface area contributed by atoms with Crippen LogP contribution in [0, 0.1) is 5.92 Å². The first-order chi connectivity index (χ1) is 13.7. The number of amides is 2. The first-order valence-corrected chi connectivity index (χ1v) is 9.57. The molecule has 150 valence electrons. The maximum absolute atomic E-state index is 12.1. The maximum atomic E-state index is 12.1. The van der Waals surface area contributed by atoms with Crippen LogP contribution in [0.15, 0.2) is 42.7 Å². The number of benzene rings is 1. The summed E-state index contributed by atoms with van der Waals surface area (Å²) < 4.78 is 10.5. The van der Waals surface area contributed by atoms with Gasteiger partial charge in [-0.3, -0.25) is 4.98 Å². The van der Waals surface area contributed by atoms with Crippen molar-refractivity contribution in [2.45, 2.75) is 19.4 Å². The monoisotopic (exact) mass is 384 g/mol. The molecule has 0 spiro atoms. The molecule has 1 aromatic heterocycles. The van der Waals surface area contributed by atoms with Crippen LogP contribution in [0.2, 0.25) is 0 Å². The highest BCUT2D eigenvalue weighted by atomic mass is 16.5. The van der Waals surface area contributed by atoms with Gasteiger partial charge in [-0.25, -0.2) is 4.79 Å². The quantitative estimate of drug-likeness (QED) is 0.768. The number of ether oxygens (including phenoxy) is 2. The molecule has 0 saturated carbocycles. The van der Waals surface area contributed by atoms with Gasteiger partial charge in [0.05, 0.1) is 14.2 Å². The van der Waals surface area contributed by atoms with Crippen molar-refractivity contribution in [2.24, 2.45) is 5.92 Å². The number of hydrogen-bond acceptors (Lipinski definition) is 5. The van der Waals surface area contributed by atoms with Gasteiger partial charge in [-0.05, 0) is 48.6 Å². The molecule has 0 radical (unpaired) electrons. The molecule has 1 aliphatic rings. The number of pyridine rings is 1. The molecule has 7 nitrogen and oxygen atoms in total. The fourth-order valence-electron chi connectivity index (χ4n) is 3.42. The number of piperidine rings is 1. The van der Waals surface area contributed by atoms with Crippen molar-refractivity contribution < 1.29 is 14.3 Å². The average Bonchev–Trinajstić information content (AvgIpc) is 2.77. The van der Waals surface area contributed by atoms with E-state index in [1.165, 1.54) is 5.69 Å². The summed E-state index contributed by atoms with van der Waals surface area (Å²) in [5, 5.41) is 5.89. The van der Waals surface area contributed by atoms with Gasteiger partial charge in [0, 0.05) is 44.3 Å². The Bertz CT molecular complexity index is 762. The van der Waals surface area contributed by atoms with Gasteiger partial charge in [0.15, 0.2) is 11.5 Å². The SMILES string of the molecule is COc1ccc(CNC(=O)NCC2CCN(c3ccncc3)CC2)cc1OC.